The molecule has 0 aliphatic heterocycles. The second kappa shape index (κ2) is 5.75. The van der Waals surface area contributed by atoms with Gasteiger partial charge < -0.3 is 9.84 Å². The third-order valence-corrected chi connectivity index (χ3v) is 2.29. The SMILES string of the molecule is Oc1ccc(C=CCOc2ccccc2)cc1. The zero-order valence-corrected chi connectivity index (χ0v) is 9.41. The van der Waals surface area contributed by atoms with Crippen molar-refractivity contribution in [3.63, 3.8) is 0 Å². The fourth-order valence-electron chi connectivity index (χ4n) is 1.43. The molecule has 17 heavy (non-hydrogen) atoms. The highest BCUT2D eigenvalue weighted by atomic mass is 16.5. The van der Waals surface area contributed by atoms with Gasteiger partial charge in [-0.3, -0.25) is 0 Å². The zero-order valence-electron chi connectivity index (χ0n) is 9.41. The Morgan fingerprint density at radius 1 is 0.941 bits per heavy atom. The van der Waals surface area contributed by atoms with Crippen molar-refractivity contribution in [3.8, 4) is 11.5 Å². The Labute approximate surface area is 101 Å². The highest BCUT2D eigenvalue weighted by Crippen LogP contribution is 2.11. The molecule has 2 aromatic rings. The van der Waals surface area contributed by atoms with Gasteiger partial charge in [-0.2, -0.15) is 0 Å². The molecule has 2 rings (SSSR count). The van der Waals surface area contributed by atoms with Crippen molar-refractivity contribution in [3.05, 3.63) is 66.2 Å². The molecular formula is C15H14O2. The number of benzene rings is 2. The molecule has 0 unspecified atom stereocenters. The summed E-state index contributed by atoms with van der Waals surface area (Å²) in [5.41, 5.74) is 1.04. The van der Waals surface area contributed by atoms with Gasteiger partial charge in [0.1, 0.15) is 18.1 Å². The van der Waals surface area contributed by atoms with E-state index in [2.05, 4.69) is 0 Å². The standard InChI is InChI=1S/C15H14O2/c16-14-10-8-13(9-11-14)5-4-12-17-15-6-2-1-3-7-15/h1-11,16H,12H2. The summed E-state index contributed by atoms with van der Waals surface area (Å²) in [6, 6.07) is 16.7. The van der Waals surface area contributed by atoms with Crippen LogP contribution in [0.2, 0.25) is 0 Å². The Morgan fingerprint density at radius 2 is 1.65 bits per heavy atom. The van der Waals surface area contributed by atoms with Gasteiger partial charge in [0.25, 0.3) is 0 Å². The molecular weight excluding hydrogens is 212 g/mol. The van der Waals surface area contributed by atoms with E-state index in [4.69, 9.17) is 9.84 Å². The van der Waals surface area contributed by atoms with Gasteiger partial charge in [-0.05, 0) is 35.9 Å². The van der Waals surface area contributed by atoms with Gasteiger partial charge in [0.2, 0.25) is 0 Å². The number of phenols is 1. The molecule has 0 bridgehead atoms. The number of phenolic OH excluding ortho intramolecular Hbond substituents is 1. The first-order valence-electron chi connectivity index (χ1n) is 5.48. The Hall–Kier alpha value is -2.22. The van der Waals surface area contributed by atoms with E-state index in [0.717, 1.165) is 11.3 Å². The van der Waals surface area contributed by atoms with E-state index in [1.165, 1.54) is 0 Å². The molecule has 2 aromatic carbocycles. The number of aromatic hydroxyl groups is 1. The van der Waals surface area contributed by atoms with Gasteiger partial charge in [0.15, 0.2) is 0 Å². The first kappa shape index (κ1) is 11.3. The predicted molar refractivity (Wildman–Crippen MR) is 69.1 cm³/mol. The fourth-order valence-corrected chi connectivity index (χ4v) is 1.43. The lowest BCUT2D eigenvalue weighted by Gasteiger charge is -2.01. The minimum absolute atomic E-state index is 0.280. The molecule has 0 aromatic heterocycles. The van der Waals surface area contributed by atoms with Crippen molar-refractivity contribution in [2.45, 2.75) is 0 Å². The van der Waals surface area contributed by atoms with Crippen molar-refractivity contribution >= 4 is 6.08 Å². The number of para-hydroxylation sites is 1. The van der Waals surface area contributed by atoms with Gasteiger partial charge in [-0.1, -0.05) is 36.4 Å². The molecule has 0 amide bonds. The molecule has 0 aliphatic carbocycles. The summed E-state index contributed by atoms with van der Waals surface area (Å²) in [5, 5.41) is 9.13. The summed E-state index contributed by atoms with van der Waals surface area (Å²) < 4.78 is 5.52. The molecule has 0 radical (unpaired) electrons. The lowest BCUT2D eigenvalue weighted by Crippen LogP contribution is -1.92. The van der Waals surface area contributed by atoms with Crippen LogP contribution in [0.25, 0.3) is 6.08 Å². The van der Waals surface area contributed by atoms with Crippen molar-refractivity contribution in [2.24, 2.45) is 0 Å². The van der Waals surface area contributed by atoms with Crippen LogP contribution in [0.1, 0.15) is 5.56 Å². The van der Waals surface area contributed by atoms with Gasteiger partial charge in [0.05, 0.1) is 0 Å². The molecule has 0 saturated heterocycles. The van der Waals surface area contributed by atoms with Gasteiger partial charge in [0, 0.05) is 0 Å². The first-order valence-corrected chi connectivity index (χ1v) is 5.48. The average molecular weight is 226 g/mol. The summed E-state index contributed by atoms with van der Waals surface area (Å²) in [6.45, 7) is 0.533. The van der Waals surface area contributed by atoms with Crippen LogP contribution in [0, 0.1) is 0 Å². The lowest BCUT2D eigenvalue weighted by molar-refractivity contribution is 0.363. The molecule has 1 N–H and O–H groups in total. The second-order valence-corrected chi connectivity index (χ2v) is 3.62. The van der Waals surface area contributed by atoms with Crippen LogP contribution < -0.4 is 4.74 Å². The third kappa shape index (κ3) is 3.68. The van der Waals surface area contributed by atoms with Gasteiger partial charge in [-0.25, -0.2) is 0 Å². The maximum atomic E-state index is 9.13. The van der Waals surface area contributed by atoms with Crippen LogP contribution in [0.5, 0.6) is 11.5 Å². The van der Waals surface area contributed by atoms with Crippen LogP contribution in [-0.2, 0) is 0 Å². The summed E-state index contributed by atoms with van der Waals surface area (Å²) in [7, 11) is 0. The maximum absolute atomic E-state index is 9.13. The smallest absolute Gasteiger partial charge is 0.119 e. The largest absolute Gasteiger partial charge is 0.508 e. The van der Waals surface area contributed by atoms with Gasteiger partial charge in [-0.15, -0.1) is 0 Å². The van der Waals surface area contributed by atoms with E-state index < -0.39 is 0 Å². The molecule has 0 spiro atoms. The second-order valence-electron chi connectivity index (χ2n) is 3.62. The summed E-state index contributed by atoms with van der Waals surface area (Å²) in [5.74, 6) is 1.14. The third-order valence-electron chi connectivity index (χ3n) is 2.29. The minimum Gasteiger partial charge on any atom is -0.508 e. The quantitative estimate of drug-likeness (QED) is 0.864. The van der Waals surface area contributed by atoms with E-state index in [1.54, 1.807) is 12.1 Å². The highest BCUT2D eigenvalue weighted by molar-refractivity contribution is 5.50. The van der Waals surface area contributed by atoms with E-state index in [1.807, 2.05) is 54.6 Å². The fraction of sp³-hybridized carbons (Fsp3) is 0.0667. The molecule has 2 heteroatoms. The summed E-state index contributed by atoms with van der Waals surface area (Å²) in [6.07, 6.45) is 3.90. The molecule has 86 valence electrons. The van der Waals surface area contributed by atoms with Crippen LogP contribution in [-0.4, -0.2) is 11.7 Å². The molecule has 2 nitrogen and oxygen atoms in total. The van der Waals surface area contributed by atoms with Crippen LogP contribution in [0.15, 0.2) is 60.7 Å². The van der Waals surface area contributed by atoms with Crippen LogP contribution in [0.4, 0.5) is 0 Å². The van der Waals surface area contributed by atoms with Crippen molar-refractivity contribution in [1.82, 2.24) is 0 Å². The summed E-state index contributed by atoms with van der Waals surface area (Å²) >= 11 is 0. The van der Waals surface area contributed by atoms with E-state index in [9.17, 15) is 0 Å². The lowest BCUT2D eigenvalue weighted by atomic mass is 10.2. The monoisotopic (exact) mass is 226 g/mol. The minimum atomic E-state index is 0.280. The topological polar surface area (TPSA) is 29.5 Å². The van der Waals surface area contributed by atoms with E-state index in [0.29, 0.717) is 6.61 Å². The Morgan fingerprint density at radius 3 is 2.35 bits per heavy atom. The number of hydrogen-bond donors (Lipinski definition) is 1. The Balaban J connectivity index is 1.84. The molecule has 0 saturated carbocycles. The average Bonchev–Trinajstić information content (AvgIpc) is 2.38. The normalized spacial score (nSPS) is 10.6. The van der Waals surface area contributed by atoms with Crippen LogP contribution >= 0.6 is 0 Å². The van der Waals surface area contributed by atoms with Crippen molar-refractivity contribution < 1.29 is 9.84 Å². The van der Waals surface area contributed by atoms with Crippen molar-refractivity contribution in [1.29, 1.82) is 0 Å². The summed E-state index contributed by atoms with van der Waals surface area (Å²) in [4.78, 5) is 0. The molecule has 0 aliphatic rings. The first-order chi connectivity index (χ1) is 8.34. The maximum Gasteiger partial charge on any atom is 0.119 e. The Bertz CT molecular complexity index is 472. The molecule has 0 atom stereocenters. The number of ether oxygens (including phenoxy) is 1. The van der Waals surface area contributed by atoms with E-state index >= 15 is 0 Å². The predicted octanol–water partition coefficient (Wildman–Crippen LogP) is 3.48. The molecule has 0 fully saturated rings. The van der Waals surface area contributed by atoms with Crippen molar-refractivity contribution in [2.75, 3.05) is 6.61 Å². The van der Waals surface area contributed by atoms with Crippen LogP contribution in [0.3, 0.4) is 0 Å². The Kier molecular flexibility index (Phi) is 3.81. The number of rotatable bonds is 4. The van der Waals surface area contributed by atoms with E-state index in [-0.39, 0.29) is 5.75 Å². The number of hydrogen-bond acceptors (Lipinski definition) is 2. The zero-order chi connectivity index (χ0) is 11.9. The highest BCUT2D eigenvalue weighted by Gasteiger charge is 1.89. The molecule has 0 heterocycles. The van der Waals surface area contributed by atoms with Gasteiger partial charge >= 0.3 is 0 Å².